The van der Waals surface area contributed by atoms with Crippen LogP contribution in [0.4, 0.5) is 0 Å². The minimum absolute atomic E-state index is 0.135. The molecule has 3 N–H and O–H groups in total. The van der Waals surface area contributed by atoms with Crippen LogP contribution in [0.2, 0.25) is 0 Å². The third-order valence-corrected chi connectivity index (χ3v) is 3.25. The monoisotopic (exact) mass is 221 g/mol. The molecule has 1 unspecified atom stereocenters. The number of aliphatic hydroxyl groups is 1. The molecule has 1 aromatic rings. The topological polar surface area (TPSA) is 46.2 Å². The van der Waals surface area contributed by atoms with Crippen molar-refractivity contribution in [3.63, 3.8) is 0 Å². The van der Waals surface area contributed by atoms with Crippen LogP contribution in [0.3, 0.4) is 0 Å². The molecule has 0 aliphatic rings. The number of nitrogens with two attached hydrogens (primary N) is 1. The van der Waals surface area contributed by atoms with E-state index in [0.29, 0.717) is 6.54 Å². The summed E-state index contributed by atoms with van der Waals surface area (Å²) in [5.41, 5.74) is 8.22. The number of hydrogen-bond donors (Lipinski definition) is 2. The average Bonchev–Trinajstić information content (AvgIpc) is 2.31. The van der Waals surface area contributed by atoms with Crippen LogP contribution >= 0.6 is 0 Å². The first-order valence-corrected chi connectivity index (χ1v) is 6.02. The SMILES string of the molecule is CCCC(CN)(CO)Cc1ccc(C)cc1. The molecule has 0 heterocycles. The lowest BCUT2D eigenvalue weighted by Gasteiger charge is -2.30. The number of aryl methyl sites for hydroxylation is 1. The van der Waals surface area contributed by atoms with Crippen molar-refractivity contribution in [1.82, 2.24) is 0 Å². The minimum atomic E-state index is -0.135. The Kier molecular flexibility index (Phi) is 4.97. The lowest BCUT2D eigenvalue weighted by Crippen LogP contribution is -2.36. The predicted octanol–water partition coefficient (Wildman–Crippen LogP) is 2.28. The Morgan fingerprint density at radius 2 is 1.88 bits per heavy atom. The van der Waals surface area contributed by atoms with Gasteiger partial charge in [-0.25, -0.2) is 0 Å². The molecule has 1 atom stereocenters. The summed E-state index contributed by atoms with van der Waals surface area (Å²) in [5.74, 6) is 0. The molecule has 0 saturated heterocycles. The van der Waals surface area contributed by atoms with Gasteiger partial charge in [-0.2, -0.15) is 0 Å². The maximum absolute atomic E-state index is 9.54. The van der Waals surface area contributed by atoms with Gasteiger partial charge in [0.25, 0.3) is 0 Å². The third-order valence-electron chi connectivity index (χ3n) is 3.25. The van der Waals surface area contributed by atoms with E-state index in [0.717, 1.165) is 19.3 Å². The van der Waals surface area contributed by atoms with E-state index in [2.05, 4.69) is 38.1 Å². The summed E-state index contributed by atoms with van der Waals surface area (Å²) in [6.45, 7) is 4.93. The summed E-state index contributed by atoms with van der Waals surface area (Å²) in [6.07, 6.45) is 2.91. The maximum Gasteiger partial charge on any atom is 0.0502 e. The fourth-order valence-electron chi connectivity index (χ4n) is 2.13. The second-order valence-corrected chi connectivity index (χ2v) is 4.77. The normalized spacial score (nSPS) is 14.8. The molecule has 0 spiro atoms. The zero-order valence-electron chi connectivity index (χ0n) is 10.4. The second kappa shape index (κ2) is 6.02. The van der Waals surface area contributed by atoms with Gasteiger partial charge in [0, 0.05) is 12.0 Å². The molecule has 0 amide bonds. The Balaban J connectivity index is 2.78. The van der Waals surface area contributed by atoms with Gasteiger partial charge in [-0.05, 0) is 25.3 Å². The van der Waals surface area contributed by atoms with Gasteiger partial charge in [0.05, 0.1) is 6.61 Å². The maximum atomic E-state index is 9.54. The predicted molar refractivity (Wildman–Crippen MR) is 68.4 cm³/mol. The van der Waals surface area contributed by atoms with Crippen molar-refractivity contribution in [2.75, 3.05) is 13.2 Å². The molecule has 0 aliphatic carbocycles. The van der Waals surface area contributed by atoms with E-state index < -0.39 is 0 Å². The van der Waals surface area contributed by atoms with Crippen LogP contribution in [-0.4, -0.2) is 18.3 Å². The highest BCUT2D eigenvalue weighted by molar-refractivity contribution is 5.22. The van der Waals surface area contributed by atoms with Crippen LogP contribution in [0.25, 0.3) is 0 Å². The quantitative estimate of drug-likeness (QED) is 0.774. The van der Waals surface area contributed by atoms with Gasteiger partial charge < -0.3 is 10.8 Å². The van der Waals surface area contributed by atoms with Crippen molar-refractivity contribution in [2.45, 2.75) is 33.1 Å². The van der Waals surface area contributed by atoms with Gasteiger partial charge in [0.2, 0.25) is 0 Å². The van der Waals surface area contributed by atoms with Crippen molar-refractivity contribution in [3.8, 4) is 0 Å². The molecule has 0 bridgehead atoms. The number of hydrogen-bond acceptors (Lipinski definition) is 2. The molecule has 1 aromatic carbocycles. The van der Waals surface area contributed by atoms with E-state index in [-0.39, 0.29) is 12.0 Å². The molecule has 90 valence electrons. The van der Waals surface area contributed by atoms with Gasteiger partial charge in [-0.3, -0.25) is 0 Å². The molecular formula is C14H23NO. The van der Waals surface area contributed by atoms with E-state index in [1.807, 2.05) is 0 Å². The standard InChI is InChI=1S/C14H23NO/c1-3-8-14(10-15,11-16)9-13-6-4-12(2)5-7-13/h4-7,16H,3,8-11,15H2,1-2H3. The molecule has 1 rings (SSSR count). The van der Waals surface area contributed by atoms with E-state index >= 15 is 0 Å². The van der Waals surface area contributed by atoms with E-state index in [4.69, 9.17) is 5.73 Å². The summed E-state index contributed by atoms with van der Waals surface area (Å²) in [6, 6.07) is 8.48. The molecule has 0 aliphatic heterocycles. The Morgan fingerprint density at radius 1 is 1.25 bits per heavy atom. The van der Waals surface area contributed by atoms with Crippen molar-refractivity contribution < 1.29 is 5.11 Å². The van der Waals surface area contributed by atoms with Crippen LogP contribution in [0.1, 0.15) is 30.9 Å². The van der Waals surface area contributed by atoms with Gasteiger partial charge in [-0.1, -0.05) is 43.2 Å². The molecular weight excluding hydrogens is 198 g/mol. The largest absolute Gasteiger partial charge is 0.396 e. The highest BCUT2D eigenvalue weighted by Crippen LogP contribution is 2.27. The fourth-order valence-corrected chi connectivity index (χ4v) is 2.13. The van der Waals surface area contributed by atoms with E-state index in [1.54, 1.807) is 0 Å². The summed E-state index contributed by atoms with van der Waals surface area (Å²) < 4.78 is 0. The van der Waals surface area contributed by atoms with Gasteiger partial charge >= 0.3 is 0 Å². The zero-order valence-corrected chi connectivity index (χ0v) is 10.4. The molecule has 0 fully saturated rings. The van der Waals surface area contributed by atoms with Crippen molar-refractivity contribution in [2.24, 2.45) is 11.1 Å². The zero-order chi connectivity index (χ0) is 12.0. The van der Waals surface area contributed by atoms with Crippen LogP contribution in [0.5, 0.6) is 0 Å². The Morgan fingerprint density at radius 3 is 2.31 bits per heavy atom. The Labute approximate surface area is 98.5 Å². The lowest BCUT2D eigenvalue weighted by atomic mass is 9.78. The lowest BCUT2D eigenvalue weighted by molar-refractivity contribution is 0.121. The van der Waals surface area contributed by atoms with Crippen molar-refractivity contribution in [3.05, 3.63) is 35.4 Å². The van der Waals surface area contributed by atoms with E-state index in [1.165, 1.54) is 11.1 Å². The van der Waals surface area contributed by atoms with Crippen molar-refractivity contribution >= 4 is 0 Å². The number of aliphatic hydroxyl groups excluding tert-OH is 1. The summed E-state index contributed by atoms with van der Waals surface area (Å²) in [5, 5.41) is 9.54. The van der Waals surface area contributed by atoms with Crippen LogP contribution in [-0.2, 0) is 6.42 Å². The first-order valence-electron chi connectivity index (χ1n) is 6.02. The van der Waals surface area contributed by atoms with E-state index in [9.17, 15) is 5.11 Å². The molecule has 2 heteroatoms. The second-order valence-electron chi connectivity index (χ2n) is 4.77. The molecule has 2 nitrogen and oxygen atoms in total. The summed E-state index contributed by atoms with van der Waals surface area (Å²) >= 11 is 0. The number of rotatable bonds is 6. The summed E-state index contributed by atoms with van der Waals surface area (Å²) in [4.78, 5) is 0. The number of benzene rings is 1. The van der Waals surface area contributed by atoms with Gasteiger partial charge in [0.15, 0.2) is 0 Å². The third kappa shape index (κ3) is 3.32. The molecule has 0 saturated carbocycles. The van der Waals surface area contributed by atoms with Gasteiger partial charge in [0.1, 0.15) is 0 Å². The smallest absolute Gasteiger partial charge is 0.0502 e. The van der Waals surface area contributed by atoms with Crippen LogP contribution in [0, 0.1) is 12.3 Å². The highest BCUT2D eigenvalue weighted by atomic mass is 16.3. The van der Waals surface area contributed by atoms with Crippen LogP contribution < -0.4 is 5.73 Å². The van der Waals surface area contributed by atoms with Crippen molar-refractivity contribution in [1.29, 1.82) is 0 Å². The molecule has 16 heavy (non-hydrogen) atoms. The fraction of sp³-hybridized carbons (Fsp3) is 0.571. The highest BCUT2D eigenvalue weighted by Gasteiger charge is 2.27. The Bertz CT molecular complexity index is 301. The molecule has 0 aromatic heterocycles. The molecule has 0 radical (unpaired) electrons. The van der Waals surface area contributed by atoms with Gasteiger partial charge in [-0.15, -0.1) is 0 Å². The summed E-state index contributed by atoms with van der Waals surface area (Å²) in [7, 11) is 0. The average molecular weight is 221 g/mol. The van der Waals surface area contributed by atoms with Crippen LogP contribution in [0.15, 0.2) is 24.3 Å². The Hall–Kier alpha value is -0.860. The first-order chi connectivity index (χ1) is 7.65. The minimum Gasteiger partial charge on any atom is -0.396 e. The first kappa shape index (κ1) is 13.2.